The topological polar surface area (TPSA) is 57.5 Å². The van der Waals surface area contributed by atoms with E-state index in [1.807, 2.05) is 0 Å². The summed E-state index contributed by atoms with van der Waals surface area (Å²) in [4.78, 5) is 10.7. The summed E-state index contributed by atoms with van der Waals surface area (Å²) >= 11 is 0. The largest absolute Gasteiger partial charge is 0.391 e. The highest BCUT2D eigenvalue weighted by atomic mass is 16.3. The van der Waals surface area contributed by atoms with Crippen molar-refractivity contribution in [2.75, 3.05) is 0 Å². The minimum Gasteiger partial charge on any atom is -0.391 e. The van der Waals surface area contributed by atoms with E-state index in [0.717, 1.165) is 0 Å². The number of hydrogen-bond donors (Lipinski definition) is 2. The van der Waals surface area contributed by atoms with Crippen LogP contribution in [0.2, 0.25) is 0 Å². The van der Waals surface area contributed by atoms with Crippen LogP contribution in [0.25, 0.3) is 0 Å². The Morgan fingerprint density at radius 3 is 2.30 bits per heavy atom. The molecule has 0 bridgehead atoms. The normalized spacial score (nSPS) is 16.4. The van der Waals surface area contributed by atoms with Gasteiger partial charge >= 0.3 is 0 Å². The van der Waals surface area contributed by atoms with Crippen LogP contribution >= 0.6 is 0 Å². The highest BCUT2D eigenvalue weighted by Crippen LogP contribution is 2.00. The highest BCUT2D eigenvalue weighted by molar-refractivity contribution is 5.78. The van der Waals surface area contributed by atoms with E-state index >= 15 is 0 Å². The average molecular weight is 146 g/mol. The molecule has 10 heavy (non-hydrogen) atoms. The Hall–Kier alpha value is -0.410. The molecule has 0 fully saturated rings. The van der Waals surface area contributed by atoms with Crippen LogP contribution in [-0.4, -0.2) is 28.2 Å². The molecular formula is C7H14O3. The number of carbonyl (C=O) groups is 1. The van der Waals surface area contributed by atoms with Gasteiger partial charge in [-0.25, -0.2) is 0 Å². The van der Waals surface area contributed by atoms with Crippen molar-refractivity contribution in [3.05, 3.63) is 0 Å². The van der Waals surface area contributed by atoms with Gasteiger partial charge in [0.15, 0.2) is 0 Å². The molecule has 0 saturated heterocycles. The predicted octanol–water partition coefficient (Wildman–Crippen LogP) is 0.0973. The zero-order valence-corrected chi connectivity index (χ0v) is 6.37. The van der Waals surface area contributed by atoms with Gasteiger partial charge in [-0.1, -0.05) is 6.92 Å². The van der Waals surface area contributed by atoms with E-state index in [1.54, 1.807) is 6.92 Å². The standard InChI is InChI=1S/C7H14O3/c1-3-6(9)4-7(10)5(2)8/h5,7-8,10H,3-4H2,1-2H3. The van der Waals surface area contributed by atoms with E-state index in [-0.39, 0.29) is 12.2 Å². The molecule has 0 radical (unpaired) electrons. The first kappa shape index (κ1) is 9.59. The molecule has 0 aliphatic rings. The van der Waals surface area contributed by atoms with E-state index in [0.29, 0.717) is 6.42 Å². The Morgan fingerprint density at radius 1 is 1.50 bits per heavy atom. The van der Waals surface area contributed by atoms with Crippen molar-refractivity contribution in [2.45, 2.75) is 38.9 Å². The van der Waals surface area contributed by atoms with Crippen molar-refractivity contribution in [3.8, 4) is 0 Å². The van der Waals surface area contributed by atoms with Gasteiger partial charge in [-0.05, 0) is 6.92 Å². The summed E-state index contributed by atoms with van der Waals surface area (Å²) in [5.41, 5.74) is 0. The Morgan fingerprint density at radius 2 is 2.00 bits per heavy atom. The lowest BCUT2D eigenvalue weighted by molar-refractivity contribution is -0.122. The van der Waals surface area contributed by atoms with Crippen molar-refractivity contribution in [2.24, 2.45) is 0 Å². The number of hydrogen-bond acceptors (Lipinski definition) is 3. The summed E-state index contributed by atoms with van der Waals surface area (Å²) in [5.74, 6) is -0.0200. The van der Waals surface area contributed by atoms with Crippen LogP contribution in [0.4, 0.5) is 0 Å². The number of carbonyl (C=O) groups excluding carboxylic acids is 1. The van der Waals surface area contributed by atoms with Gasteiger partial charge in [0, 0.05) is 12.8 Å². The highest BCUT2D eigenvalue weighted by Gasteiger charge is 2.13. The van der Waals surface area contributed by atoms with Crippen molar-refractivity contribution >= 4 is 5.78 Å². The number of Topliss-reactive ketones (excluding diaryl/α,β-unsaturated/α-hetero) is 1. The molecule has 0 aliphatic heterocycles. The molecule has 2 N–H and O–H groups in total. The van der Waals surface area contributed by atoms with Gasteiger partial charge in [0.1, 0.15) is 5.78 Å². The van der Waals surface area contributed by atoms with E-state index in [1.165, 1.54) is 6.92 Å². The second-order valence-corrected chi connectivity index (χ2v) is 2.40. The molecule has 2 unspecified atom stereocenters. The Bertz CT molecular complexity index is 109. The van der Waals surface area contributed by atoms with Gasteiger partial charge < -0.3 is 10.2 Å². The SMILES string of the molecule is CCC(=O)CC(O)C(C)O. The Kier molecular flexibility index (Phi) is 4.23. The molecule has 0 aromatic heterocycles. The van der Waals surface area contributed by atoms with Crippen molar-refractivity contribution < 1.29 is 15.0 Å². The maximum atomic E-state index is 10.7. The minimum absolute atomic E-state index is 0.0200. The molecule has 3 nitrogen and oxygen atoms in total. The maximum Gasteiger partial charge on any atom is 0.135 e. The molecule has 0 rings (SSSR count). The predicted molar refractivity (Wildman–Crippen MR) is 37.6 cm³/mol. The smallest absolute Gasteiger partial charge is 0.135 e. The quantitative estimate of drug-likeness (QED) is 0.591. The van der Waals surface area contributed by atoms with Crippen LogP contribution in [0.3, 0.4) is 0 Å². The van der Waals surface area contributed by atoms with Crippen LogP contribution in [0, 0.1) is 0 Å². The zero-order valence-electron chi connectivity index (χ0n) is 6.37. The van der Waals surface area contributed by atoms with Crippen LogP contribution in [0.15, 0.2) is 0 Å². The lowest BCUT2D eigenvalue weighted by Gasteiger charge is -2.10. The summed E-state index contributed by atoms with van der Waals surface area (Å²) < 4.78 is 0. The fourth-order valence-electron chi connectivity index (χ4n) is 0.548. The molecule has 60 valence electrons. The first-order chi connectivity index (χ1) is 4.57. The van der Waals surface area contributed by atoms with Crippen molar-refractivity contribution in [1.29, 1.82) is 0 Å². The molecule has 0 spiro atoms. The van der Waals surface area contributed by atoms with Gasteiger partial charge in [-0.3, -0.25) is 4.79 Å². The summed E-state index contributed by atoms with van der Waals surface area (Å²) in [7, 11) is 0. The fraction of sp³-hybridized carbons (Fsp3) is 0.857. The third-order valence-electron chi connectivity index (χ3n) is 1.39. The Labute approximate surface area is 60.7 Å². The zero-order chi connectivity index (χ0) is 8.15. The lowest BCUT2D eigenvalue weighted by Crippen LogP contribution is -2.25. The molecule has 0 aromatic carbocycles. The summed E-state index contributed by atoms with van der Waals surface area (Å²) in [6.45, 7) is 3.20. The van der Waals surface area contributed by atoms with Gasteiger partial charge in [0.25, 0.3) is 0 Å². The molecule has 3 heteroatoms. The van der Waals surface area contributed by atoms with Gasteiger partial charge in [-0.2, -0.15) is 0 Å². The summed E-state index contributed by atoms with van der Waals surface area (Å²) in [5, 5.41) is 17.7. The molecule has 0 aromatic rings. The minimum atomic E-state index is -0.896. The van der Waals surface area contributed by atoms with E-state index in [2.05, 4.69) is 0 Å². The maximum absolute atomic E-state index is 10.7. The summed E-state index contributed by atoms with van der Waals surface area (Å²) in [6.07, 6.45) is -1.22. The second kappa shape index (κ2) is 4.41. The van der Waals surface area contributed by atoms with E-state index < -0.39 is 12.2 Å². The first-order valence-electron chi connectivity index (χ1n) is 3.45. The van der Waals surface area contributed by atoms with Gasteiger partial charge in [-0.15, -0.1) is 0 Å². The number of aliphatic hydroxyl groups excluding tert-OH is 2. The van der Waals surface area contributed by atoms with E-state index in [4.69, 9.17) is 10.2 Å². The van der Waals surface area contributed by atoms with Crippen LogP contribution in [0.1, 0.15) is 26.7 Å². The number of rotatable bonds is 4. The average Bonchev–Trinajstić information content (AvgIpc) is 1.87. The van der Waals surface area contributed by atoms with Gasteiger partial charge in [0.05, 0.1) is 12.2 Å². The molecule has 0 aliphatic carbocycles. The molecule has 0 amide bonds. The lowest BCUT2D eigenvalue weighted by atomic mass is 10.1. The molecular weight excluding hydrogens is 132 g/mol. The van der Waals surface area contributed by atoms with Crippen molar-refractivity contribution in [3.63, 3.8) is 0 Å². The van der Waals surface area contributed by atoms with E-state index in [9.17, 15) is 4.79 Å². The molecule has 0 saturated carbocycles. The fourth-order valence-corrected chi connectivity index (χ4v) is 0.548. The first-order valence-corrected chi connectivity index (χ1v) is 3.45. The van der Waals surface area contributed by atoms with Crippen molar-refractivity contribution in [1.82, 2.24) is 0 Å². The third-order valence-corrected chi connectivity index (χ3v) is 1.39. The molecule has 2 atom stereocenters. The van der Waals surface area contributed by atoms with Crippen LogP contribution in [0.5, 0.6) is 0 Å². The number of ketones is 1. The summed E-state index contributed by atoms with van der Waals surface area (Å²) in [6, 6.07) is 0. The monoisotopic (exact) mass is 146 g/mol. The Balaban J connectivity index is 3.57. The molecule has 0 heterocycles. The third kappa shape index (κ3) is 3.58. The van der Waals surface area contributed by atoms with Crippen LogP contribution in [-0.2, 0) is 4.79 Å². The van der Waals surface area contributed by atoms with Crippen LogP contribution < -0.4 is 0 Å². The number of aliphatic hydroxyl groups is 2. The van der Waals surface area contributed by atoms with Gasteiger partial charge in [0.2, 0.25) is 0 Å². The second-order valence-electron chi connectivity index (χ2n) is 2.40.